The molecule has 2 rings (SSSR count). The topological polar surface area (TPSA) is 25.2 Å². The largest absolute Gasteiger partial charge is 0.469 e. The highest BCUT2D eigenvalue weighted by molar-refractivity contribution is 9.10. The van der Waals surface area contributed by atoms with Crippen molar-refractivity contribution < 1.29 is 4.42 Å². The Morgan fingerprint density at radius 3 is 2.68 bits per heavy atom. The van der Waals surface area contributed by atoms with Gasteiger partial charge in [0.25, 0.3) is 0 Å². The third kappa shape index (κ3) is 3.48. The number of likely N-dealkylation sites (N-methyl/N-ethyl adjacent to an activating group) is 1. The van der Waals surface area contributed by atoms with E-state index in [0.29, 0.717) is 6.04 Å². The van der Waals surface area contributed by atoms with Crippen LogP contribution in [0.25, 0.3) is 0 Å². The van der Waals surface area contributed by atoms with Gasteiger partial charge in [-0.25, -0.2) is 0 Å². The minimum absolute atomic E-state index is 0.303. The molecule has 0 saturated carbocycles. The maximum absolute atomic E-state index is 5.56. The monoisotopic (exact) mass is 321 g/mol. The maximum atomic E-state index is 5.56. The van der Waals surface area contributed by atoms with E-state index < -0.39 is 0 Å². The fourth-order valence-corrected chi connectivity index (χ4v) is 2.82. The summed E-state index contributed by atoms with van der Waals surface area (Å²) in [5.74, 6) is 1.08. The van der Waals surface area contributed by atoms with Crippen molar-refractivity contribution in [3.8, 4) is 0 Å². The zero-order valence-electron chi connectivity index (χ0n) is 11.4. The van der Waals surface area contributed by atoms with Crippen molar-refractivity contribution in [3.63, 3.8) is 0 Å². The van der Waals surface area contributed by atoms with Gasteiger partial charge in [0.15, 0.2) is 0 Å². The highest BCUT2D eigenvalue weighted by atomic mass is 79.9. The zero-order valence-corrected chi connectivity index (χ0v) is 13.0. The van der Waals surface area contributed by atoms with Gasteiger partial charge in [0.1, 0.15) is 5.76 Å². The number of hydrogen-bond donors (Lipinski definition) is 1. The molecule has 0 saturated heterocycles. The zero-order chi connectivity index (χ0) is 13.7. The molecule has 2 aromatic rings. The second kappa shape index (κ2) is 6.92. The van der Waals surface area contributed by atoms with Gasteiger partial charge in [-0.3, -0.25) is 0 Å². The molecule has 0 aliphatic rings. The maximum Gasteiger partial charge on any atom is 0.108 e. The van der Waals surface area contributed by atoms with Crippen molar-refractivity contribution in [3.05, 3.63) is 58.0 Å². The van der Waals surface area contributed by atoms with E-state index in [0.717, 1.165) is 25.1 Å². The third-order valence-electron chi connectivity index (χ3n) is 3.31. The lowest BCUT2D eigenvalue weighted by molar-refractivity contribution is 0.487. The van der Waals surface area contributed by atoms with Gasteiger partial charge >= 0.3 is 0 Å². The molecule has 0 spiro atoms. The fourth-order valence-electron chi connectivity index (χ4n) is 2.37. The Balaban J connectivity index is 2.24. The van der Waals surface area contributed by atoms with Crippen LogP contribution in [0.1, 0.15) is 36.8 Å². The molecule has 1 aromatic carbocycles. The molecule has 1 atom stereocenters. The van der Waals surface area contributed by atoms with Crippen LogP contribution in [0.4, 0.5) is 0 Å². The van der Waals surface area contributed by atoms with Crippen LogP contribution in [-0.2, 0) is 12.8 Å². The summed E-state index contributed by atoms with van der Waals surface area (Å²) >= 11 is 3.62. The van der Waals surface area contributed by atoms with Gasteiger partial charge in [-0.1, -0.05) is 48.0 Å². The number of halogens is 1. The van der Waals surface area contributed by atoms with Crippen LogP contribution >= 0.6 is 15.9 Å². The first-order valence-electron chi connectivity index (χ1n) is 6.79. The molecule has 0 fully saturated rings. The van der Waals surface area contributed by atoms with Crippen molar-refractivity contribution >= 4 is 15.9 Å². The quantitative estimate of drug-likeness (QED) is 0.847. The SMILES string of the molecule is CCNC(Cc1ccccc1Br)c1ccoc1CC. The smallest absolute Gasteiger partial charge is 0.108 e. The summed E-state index contributed by atoms with van der Waals surface area (Å²) < 4.78 is 6.72. The van der Waals surface area contributed by atoms with E-state index >= 15 is 0 Å². The lowest BCUT2D eigenvalue weighted by Gasteiger charge is -2.18. The normalized spacial score (nSPS) is 12.6. The molecule has 0 aliphatic heterocycles. The van der Waals surface area contributed by atoms with E-state index in [4.69, 9.17) is 4.42 Å². The summed E-state index contributed by atoms with van der Waals surface area (Å²) in [4.78, 5) is 0. The standard InChI is InChI=1S/C16H20BrNO/c1-3-16-13(9-10-19-16)15(18-4-2)11-12-7-5-6-8-14(12)17/h5-10,15,18H,3-4,11H2,1-2H3. The van der Waals surface area contributed by atoms with E-state index in [1.54, 1.807) is 6.26 Å². The molecule has 3 heteroatoms. The first-order valence-corrected chi connectivity index (χ1v) is 7.58. The number of benzene rings is 1. The number of nitrogens with one attached hydrogen (secondary N) is 1. The van der Waals surface area contributed by atoms with E-state index in [1.807, 2.05) is 6.07 Å². The van der Waals surface area contributed by atoms with Crippen LogP contribution in [-0.4, -0.2) is 6.54 Å². The second-order valence-electron chi connectivity index (χ2n) is 4.56. The van der Waals surface area contributed by atoms with Crippen LogP contribution < -0.4 is 5.32 Å². The van der Waals surface area contributed by atoms with Crippen LogP contribution in [0, 0.1) is 0 Å². The van der Waals surface area contributed by atoms with Gasteiger partial charge in [-0.15, -0.1) is 0 Å². The van der Waals surface area contributed by atoms with Gasteiger partial charge in [0.2, 0.25) is 0 Å². The van der Waals surface area contributed by atoms with Crippen molar-refractivity contribution in [1.29, 1.82) is 0 Å². The molecular weight excluding hydrogens is 302 g/mol. The highest BCUT2D eigenvalue weighted by Gasteiger charge is 2.17. The predicted molar refractivity (Wildman–Crippen MR) is 82.3 cm³/mol. The lowest BCUT2D eigenvalue weighted by Crippen LogP contribution is -2.23. The molecular formula is C16H20BrNO. The van der Waals surface area contributed by atoms with Crippen molar-refractivity contribution in [1.82, 2.24) is 5.32 Å². The average Bonchev–Trinajstić information content (AvgIpc) is 2.89. The van der Waals surface area contributed by atoms with Gasteiger partial charge < -0.3 is 9.73 Å². The molecule has 2 nitrogen and oxygen atoms in total. The molecule has 0 bridgehead atoms. The summed E-state index contributed by atoms with van der Waals surface area (Å²) in [5.41, 5.74) is 2.59. The Morgan fingerprint density at radius 1 is 1.21 bits per heavy atom. The van der Waals surface area contributed by atoms with Crippen LogP contribution in [0.15, 0.2) is 45.5 Å². The third-order valence-corrected chi connectivity index (χ3v) is 4.08. The van der Waals surface area contributed by atoms with Crippen molar-refractivity contribution in [2.24, 2.45) is 0 Å². The van der Waals surface area contributed by atoms with Crippen LogP contribution in [0.2, 0.25) is 0 Å². The molecule has 1 N–H and O–H groups in total. The minimum atomic E-state index is 0.303. The van der Waals surface area contributed by atoms with Gasteiger partial charge in [0, 0.05) is 22.5 Å². The first kappa shape index (κ1) is 14.4. The van der Waals surface area contributed by atoms with Crippen LogP contribution in [0.5, 0.6) is 0 Å². The lowest BCUT2D eigenvalue weighted by atomic mass is 9.98. The number of furan rings is 1. The summed E-state index contributed by atoms with van der Waals surface area (Å²) in [6.07, 6.45) is 3.68. The Kier molecular flexibility index (Phi) is 5.23. The molecule has 0 radical (unpaired) electrons. The predicted octanol–water partition coefficient (Wildman–Crippen LogP) is 4.50. The van der Waals surface area contributed by atoms with Gasteiger partial charge in [-0.2, -0.15) is 0 Å². The Morgan fingerprint density at radius 2 is 2.00 bits per heavy atom. The highest BCUT2D eigenvalue weighted by Crippen LogP contribution is 2.26. The van der Waals surface area contributed by atoms with Crippen LogP contribution in [0.3, 0.4) is 0 Å². The Labute approximate surface area is 123 Å². The number of rotatable bonds is 6. The number of hydrogen-bond acceptors (Lipinski definition) is 2. The van der Waals surface area contributed by atoms with E-state index in [9.17, 15) is 0 Å². The average molecular weight is 322 g/mol. The summed E-state index contributed by atoms with van der Waals surface area (Å²) in [6, 6.07) is 10.8. The molecule has 0 amide bonds. The Bertz CT molecular complexity index is 521. The summed E-state index contributed by atoms with van der Waals surface area (Å²) in [7, 11) is 0. The van der Waals surface area contributed by atoms with Crippen molar-refractivity contribution in [2.75, 3.05) is 6.54 Å². The molecule has 0 aliphatic carbocycles. The molecule has 1 unspecified atom stereocenters. The van der Waals surface area contributed by atoms with E-state index in [-0.39, 0.29) is 0 Å². The fraction of sp³-hybridized carbons (Fsp3) is 0.375. The second-order valence-corrected chi connectivity index (χ2v) is 5.41. The molecule has 102 valence electrons. The summed E-state index contributed by atoms with van der Waals surface area (Å²) in [6.45, 7) is 5.21. The van der Waals surface area contributed by atoms with Gasteiger partial charge in [-0.05, 0) is 30.7 Å². The van der Waals surface area contributed by atoms with E-state index in [2.05, 4.69) is 59.4 Å². The molecule has 19 heavy (non-hydrogen) atoms. The first-order chi connectivity index (χ1) is 9.26. The molecule has 1 heterocycles. The molecule has 1 aromatic heterocycles. The van der Waals surface area contributed by atoms with E-state index in [1.165, 1.54) is 15.6 Å². The summed E-state index contributed by atoms with van der Waals surface area (Å²) in [5, 5.41) is 3.55. The Hall–Kier alpha value is -1.06. The van der Waals surface area contributed by atoms with Gasteiger partial charge in [0.05, 0.1) is 6.26 Å². The minimum Gasteiger partial charge on any atom is -0.469 e. The number of aryl methyl sites for hydroxylation is 1. The van der Waals surface area contributed by atoms with Crippen molar-refractivity contribution in [2.45, 2.75) is 32.7 Å².